The van der Waals surface area contributed by atoms with Crippen LogP contribution in [0.25, 0.3) is 0 Å². The molecule has 1 fully saturated rings. The Bertz CT molecular complexity index is 436. The number of nitrogens with one attached hydrogen (secondary N) is 1. The van der Waals surface area contributed by atoms with Crippen molar-refractivity contribution in [3.8, 4) is 6.07 Å². The predicted molar refractivity (Wildman–Crippen MR) is 77.7 cm³/mol. The minimum atomic E-state index is 0.613. The van der Waals surface area contributed by atoms with Crippen LogP contribution in [0.3, 0.4) is 0 Å². The molecule has 1 aliphatic heterocycles. The van der Waals surface area contributed by atoms with Gasteiger partial charge in [-0.2, -0.15) is 5.26 Å². The van der Waals surface area contributed by atoms with Crippen molar-refractivity contribution in [2.24, 2.45) is 0 Å². The van der Waals surface area contributed by atoms with Crippen molar-refractivity contribution in [3.63, 3.8) is 0 Å². The smallest absolute Gasteiger partial charge is 0.0991 e. The fourth-order valence-electron chi connectivity index (χ4n) is 2.69. The lowest BCUT2D eigenvalue weighted by molar-refractivity contribution is 0.297. The van der Waals surface area contributed by atoms with Gasteiger partial charge in [0.15, 0.2) is 0 Å². The van der Waals surface area contributed by atoms with Crippen LogP contribution in [-0.4, -0.2) is 30.6 Å². The maximum atomic E-state index is 8.90. The van der Waals surface area contributed by atoms with E-state index in [9.17, 15) is 0 Å². The quantitative estimate of drug-likeness (QED) is 0.901. The number of benzene rings is 1. The molecule has 0 amide bonds. The van der Waals surface area contributed by atoms with Gasteiger partial charge in [-0.15, -0.1) is 0 Å². The average Bonchev–Trinajstić information content (AvgIpc) is 2.70. The highest BCUT2D eigenvalue weighted by molar-refractivity contribution is 5.32. The van der Waals surface area contributed by atoms with Gasteiger partial charge in [0.05, 0.1) is 11.6 Å². The molecule has 3 nitrogen and oxygen atoms in total. The third-order valence-electron chi connectivity index (χ3n) is 3.92. The summed E-state index contributed by atoms with van der Waals surface area (Å²) in [7, 11) is 0. The molecule has 2 rings (SSSR count). The first-order valence-corrected chi connectivity index (χ1v) is 7.26. The van der Waals surface area contributed by atoms with Gasteiger partial charge in [0.2, 0.25) is 0 Å². The molecular weight excluding hydrogens is 234 g/mol. The van der Waals surface area contributed by atoms with E-state index in [0.29, 0.717) is 6.04 Å². The standard InChI is InChI=1S/C16H23N3/c1-2-19-9-4-7-16(8-10-19)18-13-15-6-3-5-14(11-15)12-17/h3,5-6,11,16,18H,2,4,7-10,13H2,1H3. The molecule has 0 saturated carbocycles. The summed E-state index contributed by atoms with van der Waals surface area (Å²) in [5.74, 6) is 0. The Labute approximate surface area is 116 Å². The van der Waals surface area contributed by atoms with Crippen LogP contribution in [-0.2, 0) is 6.54 Å². The first-order valence-electron chi connectivity index (χ1n) is 7.26. The third kappa shape index (κ3) is 4.34. The molecule has 1 unspecified atom stereocenters. The van der Waals surface area contributed by atoms with Crippen LogP contribution in [0.2, 0.25) is 0 Å². The van der Waals surface area contributed by atoms with Crippen LogP contribution in [0.5, 0.6) is 0 Å². The monoisotopic (exact) mass is 257 g/mol. The Morgan fingerprint density at radius 3 is 3.05 bits per heavy atom. The van der Waals surface area contributed by atoms with E-state index < -0.39 is 0 Å². The highest BCUT2D eigenvalue weighted by Crippen LogP contribution is 2.12. The number of hydrogen-bond acceptors (Lipinski definition) is 3. The van der Waals surface area contributed by atoms with Gasteiger partial charge in [-0.05, 0) is 56.6 Å². The first-order chi connectivity index (χ1) is 9.31. The van der Waals surface area contributed by atoms with Crippen LogP contribution < -0.4 is 5.32 Å². The van der Waals surface area contributed by atoms with Crippen LogP contribution in [0.1, 0.15) is 37.3 Å². The van der Waals surface area contributed by atoms with Gasteiger partial charge in [-0.25, -0.2) is 0 Å². The molecule has 3 heteroatoms. The second kappa shape index (κ2) is 7.28. The van der Waals surface area contributed by atoms with Gasteiger partial charge in [0, 0.05) is 12.6 Å². The normalized spacial score (nSPS) is 20.7. The van der Waals surface area contributed by atoms with Crippen molar-refractivity contribution in [1.29, 1.82) is 5.26 Å². The fourth-order valence-corrected chi connectivity index (χ4v) is 2.69. The summed E-state index contributed by atoms with van der Waals surface area (Å²) in [5.41, 5.74) is 1.95. The molecule has 1 atom stereocenters. The number of nitrogens with zero attached hydrogens (tertiary/aromatic N) is 2. The average molecular weight is 257 g/mol. The summed E-state index contributed by atoms with van der Waals surface area (Å²) in [6.45, 7) is 6.70. The molecule has 1 saturated heterocycles. The molecule has 102 valence electrons. The van der Waals surface area contributed by atoms with Crippen molar-refractivity contribution in [2.75, 3.05) is 19.6 Å². The highest BCUT2D eigenvalue weighted by Gasteiger charge is 2.15. The molecule has 0 aromatic heterocycles. The summed E-state index contributed by atoms with van der Waals surface area (Å²) in [6.07, 6.45) is 3.77. The number of hydrogen-bond donors (Lipinski definition) is 1. The number of rotatable bonds is 4. The molecule has 0 spiro atoms. The summed E-state index contributed by atoms with van der Waals surface area (Å²) < 4.78 is 0. The molecule has 0 radical (unpaired) electrons. The molecule has 1 heterocycles. The van der Waals surface area contributed by atoms with Crippen LogP contribution >= 0.6 is 0 Å². The molecule has 0 aliphatic carbocycles. The van der Waals surface area contributed by atoms with Gasteiger partial charge in [-0.1, -0.05) is 19.1 Å². The van der Waals surface area contributed by atoms with E-state index in [4.69, 9.17) is 5.26 Å². The first kappa shape index (κ1) is 14.0. The van der Waals surface area contributed by atoms with E-state index in [1.54, 1.807) is 0 Å². The Kier molecular flexibility index (Phi) is 5.38. The number of nitriles is 1. The summed E-state index contributed by atoms with van der Waals surface area (Å²) in [4.78, 5) is 2.53. The van der Waals surface area contributed by atoms with Gasteiger partial charge < -0.3 is 10.2 Å². The van der Waals surface area contributed by atoms with Gasteiger partial charge in [-0.3, -0.25) is 0 Å². The van der Waals surface area contributed by atoms with Crippen LogP contribution in [0.15, 0.2) is 24.3 Å². The zero-order valence-corrected chi connectivity index (χ0v) is 11.7. The van der Waals surface area contributed by atoms with E-state index in [0.717, 1.165) is 18.7 Å². The van der Waals surface area contributed by atoms with E-state index >= 15 is 0 Å². The van der Waals surface area contributed by atoms with Gasteiger partial charge in [0.25, 0.3) is 0 Å². The SMILES string of the molecule is CCN1CCCC(NCc2cccc(C#N)c2)CC1. The highest BCUT2D eigenvalue weighted by atomic mass is 15.1. The van der Waals surface area contributed by atoms with Crippen molar-refractivity contribution < 1.29 is 0 Å². The summed E-state index contributed by atoms with van der Waals surface area (Å²) in [5, 5.41) is 12.5. The second-order valence-corrected chi connectivity index (χ2v) is 5.26. The maximum Gasteiger partial charge on any atom is 0.0991 e. The Hall–Kier alpha value is -1.37. The maximum absolute atomic E-state index is 8.90. The molecule has 1 N–H and O–H groups in total. The molecule has 19 heavy (non-hydrogen) atoms. The van der Waals surface area contributed by atoms with E-state index in [1.807, 2.05) is 18.2 Å². The molecule has 1 aromatic carbocycles. The zero-order valence-electron chi connectivity index (χ0n) is 11.7. The van der Waals surface area contributed by atoms with E-state index in [2.05, 4.69) is 29.3 Å². The number of likely N-dealkylation sites (tertiary alicyclic amines) is 1. The lowest BCUT2D eigenvalue weighted by atomic mass is 10.1. The Morgan fingerprint density at radius 2 is 2.26 bits per heavy atom. The minimum absolute atomic E-state index is 0.613. The Balaban J connectivity index is 1.83. The van der Waals surface area contributed by atoms with E-state index in [-0.39, 0.29) is 0 Å². The minimum Gasteiger partial charge on any atom is -0.310 e. The largest absolute Gasteiger partial charge is 0.310 e. The van der Waals surface area contributed by atoms with E-state index in [1.165, 1.54) is 37.9 Å². The van der Waals surface area contributed by atoms with Gasteiger partial charge >= 0.3 is 0 Å². The molecule has 0 bridgehead atoms. The third-order valence-corrected chi connectivity index (χ3v) is 3.92. The predicted octanol–water partition coefficient (Wildman–Crippen LogP) is 2.52. The zero-order chi connectivity index (χ0) is 13.5. The summed E-state index contributed by atoms with van der Waals surface area (Å²) >= 11 is 0. The fraction of sp³-hybridized carbons (Fsp3) is 0.562. The van der Waals surface area contributed by atoms with Crippen molar-refractivity contribution in [3.05, 3.63) is 35.4 Å². The van der Waals surface area contributed by atoms with Crippen LogP contribution in [0, 0.1) is 11.3 Å². The second-order valence-electron chi connectivity index (χ2n) is 5.26. The van der Waals surface area contributed by atoms with Crippen molar-refractivity contribution in [2.45, 2.75) is 38.8 Å². The Morgan fingerprint density at radius 1 is 1.37 bits per heavy atom. The molecular formula is C16H23N3. The van der Waals surface area contributed by atoms with Crippen molar-refractivity contribution in [1.82, 2.24) is 10.2 Å². The molecule has 1 aliphatic rings. The lowest BCUT2D eigenvalue weighted by Gasteiger charge is -2.18. The van der Waals surface area contributed by atoms with Gasteiger partial charge in [0.1, 0.15) is 0 Å². The summed E-state index contributed by atoms with van der Waals surface area (Å²) in [6, 6.07) is 10.7. The lowest BCUT2D eigenvalue weighted by Crippen LogP contribution is -2.30. The molecule has 1 aromatic rings. The van der Waals surface area contributed by atoms with Crippen LogP contribution in [0.4, 0.5) is 0 Å². The van der Waals surface area contributed by atoms with Crippen molar-refractivity contribution >= 4 is 0 Å². The topological polar surface area (TPSA) is 39.1 Å².